The van der Waals surface area contributed by atoms with Crippen LogP contribution in [0, 0.1) is 6.92 Å². The van der Waals surface area contributed by atoms with Gasteiger partial charge in [-0.1, -0.05) is 41.4 Å². The second-order valence-electron chi connectivity index (χ2n) is 6.97. The molecular formula is C21H24ClN3O2. The van der Waals surface area contributed by atoms with Gasteiger partial charge in [0.1, 0.15) is 6.04 Å². The molecule has 2 aromatic rings. The summed E-state index contributed by atoms with van der Waals surface area (Å²) in [6, 6.07) is 14.4. The van der Waals surface area contributed by atoms with Crippen LogP contribution in [0.15, 0.2) is 48.5 Å². The van der Waals surface area contributed by atoms with Crippen molar-refractivity contribution in [1.29, 1.82) is 0 Å². The van der Waals surface area contributed by atoms with E-state index in [0.717, 1.165) is 23.2 Å². The summed E-state index contributed by atoms with van der Waals surface area (Å²) < 4.78 is 0. The Kier molecular flexibility index (Phi) is 6.01. The number of nitrogens with one attached hydrogen (secondary N) is 1. The highest BCUT2D eigenvalue weighted by molar-refractivity contribution is 6.30. The number of hydrogen-bond donors (Lipinski definition) is 1. The number of likely N-dealkylation sites (tertiary alicyclic amines) is 1. The standard InChI is InChI=1S/C21H24ClN3O2/c1-15-5-11-18(12-6-15)23-21(27)25-13-3-4-19(25)20(26)24(2)14-16-7-9-17(22)10-8-16/h5-12,19H,3-4,13-14H2,1-2H3,(H,23,27)/t19-/m1/s1. The molecule has 27 heavy (non-hydrogen) atoms. The van der Waals surface area contributed by atoms with Crippen LogP contribution in [-0.2, 0) is 11.3 Å². The van der Waals surface area contributed by atoms with Crippen LogP contribution in [0.3, 0.4) is 0 Å². The Bertz CT molecular complexity index is 805. The molecule has 1 heterocycles. The van der Waals surface area contributed by atoms with E-state index in [9.17, 15) is 9.59 Å². The summed E-state index contributed by atoms with van der Waals surface area (Å²) in [5, 5.41) is 3.56. The molecule has 0 spiro atoms. The predicted molar refractivity (Wildman–Crippen MR) is 108 cm³/mol. The molecule has 1 fully saturated rings. The minimum Gasteiger partial charge on any atom is -0.340 e. The highest BCUT2D eigenvalue weighted by atomic mass is 35.5. The highest BCUT2D eigenvalue weighted by Gasteiger charge is 2.35. The largest absolute Gasteiger partial charge is 0.340 e. The third kappa shape index (κ3) is 4.80. The van der Waals surface area contributed by atoms with Gasteiger partial charge in [-0.25, -0.2) is 4.79 Å². The Morgan fingerprint density at radius 2 is 1.81 bits per heavy atom. The number of aryl methyl sites for hydroxylation is 1. The van der Waals surface area contributed by atoms with Gasteiger partial charge >= 0.3 is 6.03 Å². The first-order valence-corrected chi connectivity index (χ1v) is 9.45. The van der Waals surface area contributed by atoms with Gasteiger partial charge in [0.05, 0.1) is 0 Å². The lowest BCUT2D eigenvalue weighted by molar-refractivity contribution is -0.134. The number of anilines is 1. The van der Waals surface area contributed by atoms with Crippen molar-refractivity contribution in [2.45, 2.75) is 32.4 Å². The smallest absolute Gasteiger partial charge is 0.322 e. The van der Waals surface area contributed by atoms with Crippen LogP contribution >= 0.6 is 11.6 Å². The zero-order chi connectivity index (χ0) is 19.4. The second-order valence-corrected chi connectivity index (χ2v) is 7.40. The number of likely N-dealkylation sites (N-methyl/N-ethyl adjacent to an activating group) is 1. The molecule has 1 aliphatic heterocycles. The van der Waals surface area contributed by atoms with Crippen LogP contribution in [0.4, 0.5) is 10.5 Å². The summed E-state index contributed by atoms with van der Waals surface area (Å²) in [7, 11) is 1.77. The van der Waals surface area contributed by atoms with Crippen molar-refractivity contribution < 1.29 is 9.59 Å². The van der Waals surface area contributed by atoms with Gasteiger partial charge in [0.25, 0.3) is 0 Å². The summed E-state index contributed by atoms with van der Waals surface area (Å²) >= 11 is 5.91. The number of hydrogen-bond acceptors (Lipinski definition) is 2. The SMILES string of the molecule is Cc1ccc(NC(=O)N2CCC[C@@H]2C(=O)N(C)Cc2ccc(Cl)cc2)cc1. The first-order valence-electron chi connectivity index (χ1n) is 9.08. The fourth-order valence-electron chi connectivity index (χ4n) is 3.29. The van der Waals surface area contributed by atoms with Crippen LogP contribution < -0.4 is 5.32 Å². The minimum atomic E-state index is -0.423. The molecule has 0 saturated carbocycles. The topological polar surface area (TPSA) is 52.7 Å². The van der Waals surface area contributed by atoms with Crippen molar-refractivity contribution in [2.24, 2.45) is 0 Å². The number of halogens is 1. The number of rotatable bonds is 4. The van der Waals surface area contributed by atoms with E-state index < -0.39 is 6.04 Å². The summed E-state index contributed by atoms with van der Waals surface area (Å²) in [5.41, 5.74) is 2.87. The van der Waals surface area contributed by atoms with Crippen molar-refractivity contribution in [1.82, 2.24) is 9.80 Å². The summed E-state index contributed by atoms with van der Waals surface area (Å²) in [6.07, 6.45) is 1.51. The van der Waals surface area contributed by atoms with E-state index in [1.54, 1.807) is 16.8 Å². The van der Waals surface area contributed by atoms with E-state index in [2.05, 4.69) is 5.32 Å². The molecule has 1 aliphatic rings. The third-order valence-corrected chi connectivity index (χ3v) is 5.06. The third-order valence-electron chi connectivity index (χ3n) is 4.81. The summed E-state index contributed by atoms with van der Waals surface area (Å²) in [6.45, 7) is 3.07. The second kappa shape index (κ2) is 8.44. The maximum absolute atomic E-state index is 12.9. The van der Waals surface area contributed by atoms with Crippen molar-refractivity contribution in [3.8, 4) is 0 Å². The zero-order valence-electron chi connectivity index (χ0n) is 15.6. The van der Waals surface area contributed by atoms with E-state index in [1.165, 1.54) is 0 Å². The molecule has 1 saturated heterocycles. The molecule has 142 valence electrons. The lowest BCUT2D eigenvalue weighted by Crippen LogP contribution is -2.47. The van der Waals surface area contributed by atoms with Crippen molar-refractivity contribution in [3.05, 3.63) is 64.7 Å². The average Bonchev–Trinajstić information content (AvgIpc) is 3.14. The van der Waals surface area contributed by atoms with Crippen LogP contribution in [0.1, 0.15) is 24.0 Å². The number of benzene rings is 2. The molecule has 0 aromatic heterocycles. The molecule has 2 aromatic carbocycles. The minimum absolute atomic E-state index is 0.0403. The number of carbonyl (C=O) groups excluding carboxylic acids is 2. The molecular weight excluding hydrogens is 362 g/mol. The highest BCUT2D eigenvalue weighted by Crippen LogP contribution is 2.22. The van der Waals surface area contributed by atoms with E-state index in [0.29, 0.717) is 24.5 Å². The Morgan fingerprint density at radius 1 is 1.15 bits per heavy atom. The fourth-order valence-corrected chi connectivity index (χ4v) is 3.42. The van der Waals surface area contributed by atoms with Crippen LogP contribution in [0.2, 0.25) is 5.02 Å². The number of amides is 3. The lowest BCUT2D eigenvalue weighted by atomic mass is 10.1. The molecule has 0 unspecified atom stereocenters. The Balaban J connectivity index is 1.63. The summed E-state index contributed by atoms with van der Waals surface area (Å²) in [5.74, 6) is -0.0403. The molecule has 1 N–H and O–H groups in total. The van der Waals surface area contributed by atoms with Gasteiger partial charge < -0.3 is 15.1 Å². The quantitative estimate of drug-likeness (QED) is 0.852. The van der Waals surface area contributed by atoms with E-state index in [4.69, 9.17) is 11.6 Å². The van der Waals surface area contributed by atoms with Crippen molar-refractivity contribution in [3.63, 3.8) is 0 Å². The first kappa shape index (κ1) is 19.2. The molecule has 0 radical (unpaired) electrons. The van der Waals surface area contributed by atoms with Crippen molar-refractivity contribution >= 4 is 29.2 Å². The van der Waals surface area contributed by atoms with Crippen LogP contribution in [0.5, 0.6) is 0 Å². The Morgan fingerprint density at radius 3 is 2.48 bits per heavy atom. The van der Waals surface area contributed by atoms with Gasteiger partial charge in [0.2, 0.25) is 5.91 Å². The molecule has 3 rings (SSSR count). The van der Waals surface area contributed by atoms with E-state index >= 15 is 0 Å². The Labute approximate surface area is 164 Å². The number of carbonyl (C=O) groups is 2. The van der Waals surface area contributed by atoms with Gasteiger partial charge in [-0.3, -0.25) is 4.79 Å². The molecule has 0 aliphatic carbocycles. The average molecular weight is 386 g/mol. The lowest BCUT2D eigenvalue weighted by Gasteiger charge is -2.28. The predicted octanol–water partition coefficient (Wildman–Crippen LogP) is 4.30. The molecule has 0 bridgehead atoms. The molecule has 6 heteroatoms. The van der Waals surface area contributed by atoms with Crippen LogP contribution in [0.25, 0.3) is 0 Å². The normalized spacial score (nSPS) is 16.3. The van der Waals surface area contributed by atoms with E-state index in [1.807, 2.05) is 55.5 Å². The monoisotopic (exact) mass is 385 g/mol. The number of nitrogens with zero attached hydrogens (tertiary/aromatic N) is 2. The molecule has 3 amide bonds. The fraction of sp³-hybridized carbons (Fsp3) is 0.333. The number of urea groups is 1. The Hall–Kier alpha value is -2.53. The van der Waals surface area contributed by atoms with Gasteiger partial charge in [-0.15, -0.1) is 0 Å². The summed E-state index contributed by atoms with van der Waals surface area (Å²) in [4.78, 5) is 28.9. The first-order chi connectivity index (χ1) is 12.9. The molecule has 5 nitrogen and oxygen atoms in total. The van der Waals surface area contributed by atoms with Crippen molar-refractivity contribution in [2.75, 3.05) is 18.9 Å². The van der Waals surface area contributed by atoms with Gasteiger partial charge in [0, 0.05) is 30.8 Å². The van der Waals surface area contributed by atoms with Gasteiger partial charge in [-0.05, 0) is 49.6 Å². The van der Waals surface area contributed by atoms with Gasteiger partial charge in [-0.2, -0.15) is 0 Å². The van der Waals surface area contributed by atoms with Gasteiger partial charge in [0.15, 0.2) is 0 Å². The zero-order valence-corrected chi connectivity index (χ0v) is 16.4. The maximum Gasteiger partial charge on any atom is 0.322 e. The molecule has 1 atom stereocenters. The van der Waals surface area contributed by atoms with Crippen LogP contribution in [-0.4, -0.2) is 41.4 Å². The maximum atomic E-state index is 12.9. The van der Waals surface area contributed by atoms with E-state index in [-0.39, 0.29) is 11.9 Å².